The van der Waals surface area contributed by atoms with Gasteiger partial charge in [-0.3, -0.25) is 0 Å². The molecule has 0 saturated heterocycles. The van der Waals surface area contributed by atoms with Crippen molar-refractivity contribution in [2.45, 2.75) is 6.92 Å². The monoisotopic (exact) mass is 264 g/mol. The summed E-state index contributed by atoms with van der Waals surface area (Å²) in [7, 11) is 0. The maximum Gasteiger partial charge on any atom is 0.110 e. The second-order valence-corrected chi connectivity index (χ2v) is 4.26. The molecule has 0 radical (unpaired) electrons. The molecule has 1 aromatic rings. The molecule has 0 atom stereocenters. The summed E-state index contributed by atoms with van der Waals surface area (Å²) in [6, 6.07) is 7.83. The minimum atomic E-state index is 0.317. The fraction of sp³-hybridized carbons (Fsp3) is 0.111. The molecule has 3 heteroatoms. The van der Waals surface area contributed by atoms with Crippen molar-refractivity contribution in [1.82, 2.24) is 0 Å². The van der Waals surface area contributed by atoms with Crippen LogP contribution in [-0.4, -0.2) is 0 Å². The summed E-state index contributed by atoms with van der Waals surface area (Å²) in [6.07, 6.45) is 0. The smallest absolute Gasteiger partial charge is 0.0706 e. The predicted octanol–water partition coefficient (Wildman–Crippen LogP) is 4.62. The third-order valence-electron chi connectivity index (χ3n) is 1.56. The van der Waals surface area contributed by atoms with Crippen molar-refractivity contribution >= 4 is 44.7 Å². The van der Waals surface area contributed by atoms with E-state index in [1.165, 1.54) is 0 Å². The van der Waals surface area contributed by atoms with E-state index in [4.69, 9.17) is 23.2 Å². The average Bonchev–Trinajstić information content (AvgIpc) is 2.04. The SMILES string of the molecule is CC(=C(Cl)Cl)c1ccc(Br)cc1. The van der Waals surface area contributed by atoms with Gasteiger partial charge in [-0.15, -0.1) is 0 Å². The summed E-state index contributed by atoms with van der Waals surface area (Å²) in [5.41, 5.74) is 1.93. The van der Waals surface area contributed by atoms with Crippen LogP contribution in [0.25, 0.3) is 5.57 Å². The van der Waals surface area contributed by atoms with E-state index in [9.17, 15) is 0 Å². The maximum atomic E-state index is 5.64. The topological polar surface area (TPSA) is 0 Å². The van der Waals surface area contributed by atoms with Crippen LogP contribution in [0.1, 0.15) is 12.5 Å². The van der Waals surface area contributed by atoms with E-state index in [0.717, 1.165) is 15.6 Å². The van der Waals surface area contributed by atoms with Gasteiger partial charge in [-0.1, -0.05) is 51.3 Å². The molecular formula is C9H7BrCl2. The molecule has 0 N–H and O–H groups in total. The van der Waals surface area contributed by atoms with Crippen LogP contribution in [0.5, 0.6) is 0 Å². The first-order chi connectivity index (χ1) is 5.61. The van der Waals surface area contributed by atoms with Crippen molar-refractivity contribution in [3.8, 4) is 0 Å². The molecule has 0 bridgehead atoms. The molecule has 0 fully saturated rings. The first-order valence-electron chi connectivity index (χ1n) is 3.39. The van der Waals surface area contributed by atoms with E-state index in [1.807, 2.05) is 31.2 Å². The first kappa shape index (κ1) is 10.1. The Bertz CT molecular complexity index is 297. The van der Waals surface area contributed by atoms with Gasteiger partial charge in [-0.2, -0.15) is 0 Å². The Labute approximate surface area is 90.3 Å². The highest BCUT2D eigenvalue weighted by Gasteiger charge is 1.99. The van der Waals surface area contributed by atoms with Crippen LogP contribution in [-0.2, 0) is 0 Å². The molecule has 0 saturated carbocycles. The highest BCUT2D eigenvalue weighted by Crippen LogP contribution is 2.24. The lowest BCUT2D eigenvalue weighted by Gasteiger charge is -2.00. The minimum Gasteiger partial charge on any atom is -0.0706 e. The van der Waals surface area contributed by atoms with E-state index < -0.39 is 0 Å². The van der Waals surface area contributed by atoms with Gasteiger partial charge in [0.15, 0.2) is 0 Å². The molecule has 64 valence electrons. The Kier molecular flexibility index (Phi) is 3.63. The molecule has 0 aliphatic heterocycles. The number of rotatable bonds is 1. The van der Waals surface area contributed by atoms with Gasteiger partial charge in [0.25, 0.3) is 0 Å². The highest BCUT2D eigenvalue weighted by molar-refractivity contribution is 9.10. The fourth-order valence-electron chi connectivity index (χ4n) is 0.809. The molecule has 0 aromatic heterocycles. The molecule has 1 rings (SSSR count). The van der Waals surface area contributed by atoms with Gasteiger partial charge < -0.3 is 0 Å². The lowest BCUT2D eigenvalue weighted by atomic mass is 10.1. The lowest BCUT2D eigenvalue weighted by molar-refractivity contribution is 1.55. The van der Waals surface area contributed by atoms with E-state index in [0.29, 0.717) is 4.49 Å². The van der Waals surface area contributed by atoms with Crippen molar-refractivity contribution in [2.75, 3.05) is 0 Å². The van der Waals surface area contributed by atoms with E-state index in [1.54, 1.807) is 0 Å². The lowest BCUT2D eigenvalue weighted by Crippen LogP contribution is -1.78. The third kappa shape index (κ3) is 2.51. The van der Waals surface area contributed by atoms with Gasteiger partial charge in [0.05, 0.1) is 0 Å². The molecule has 0 unspecified atom stereocenters. The number of hydrogen-bond donors (Lipinski definition) is 0. The van der Waals surface area contributed by atoms with Gasteiger partial charge >= 0.3 is 0 Å². The summed E-state index contributed by atoms with van der Waals surface area (Å²) in [4.78, 5) is 0. The summed E-state index contributed by atoms with van der Waals surface area (Å²) in [5.74, 6) is 0. The molecule has 12 heavy (non-hydrogen) atoms. The largest absolute Gasteiger partial charge is 0.110 e. The van der Waals surface area contributed by atoms with Crippen LogP contribution in [0.3, 0.4) is 0 Å². The average molecular weight is 266 g/mol. The number of allylic oxidation sites excluding steroid dienone is 1. The highest BCUT2D eigenvalue weighted by atomic mass is 79.9. The quantitative estimate of drug-likeness (QED) is 0.695. The van der Waals surface area contributed by atoms with Crippen molar-refractivity contribution in [3.05, 3.63) is 38.8 Å². The molecule has 0 aliphatic rings. The Hall–Kier alpha value is 0.0200. The Morgan fingerprint density at radius 2 is 1.67 bits per heavy atom. The van der Waals surface area contributed by atoms with E-state index in [2.05, 4.69) is 15.9 Å². The predicted molar refractivity (Wildman–Crippen MR) is 58.4 cm³/mol. The zero-order valence-corrected chi connectivity index (χ0v) is 9.54. The summed E-state index contributed by atoms with van der Waals surface area (Å²) in [6.45, 7) is 1.89. The molecular weight excluding hydrogens is 259 g/mol. The van der Waals surface area contributed by atoms with Gasteiger partial charge in [0.2, 0.25) is 0 Å². The van der Waals surface area contributed by atoms with Crippen LogP contribution < -0.4 is 0 Å². The van der Waals surface area contributed by atoms with Crippen LogP contribution in [0.2, 0.25) is 0 Å². The molecule has 0 amide bonds. The summed E-state index contributed by atoms with van der Waals surface area (Å²) >= 11 is 14.6. The zero-order valence-electron chi connectivity index (χ0n) is 6.44. The zero-order chi connectivity index (χ0) is 9.14. The Morgan fingerprint density at radius 3 is 2.08 bits per heavy atom. The van der Waals surface area contributed by atoms with E-state index >= 15 is 0 Å². The second kappa shape index (κ2) is 4.31. The standard InChI is InChI=1S/C9H7BrCl2/c1-6(9(11)12)7-2-4-8(10)5-3-7/h2-5H,1H3. The molecule has 0 aliphatic carbocycles. The van der Waals surface area contributed by atoms with Crippen molar-refractivity contribution in [3.63, 3.8) is 0 Å². The molecule has 0 heterocycles. The van der Waals surface area contributed by atoms with Gasteiger partial charge in [-0.05, 0) is 30.2 Å². The van der Waals surface area contributed by atoms with Crippen LogP contribution in [0.15, 0.2) is 33.2 Å². The van der Waals surface area contributed by atoms with Gasteiger partial charge in [0.1, 0.15) is 4.49 Å². The molecule has 0 nitrogen and oxygen atoms in total. The number of hydrogen-bond acceptors (Lipinski definition) is 0. The Balaban J connectivity index is 3.06. The summed E-state index contributed by atoms with van der Waals surface area (Å²) < 4.78 is 1.36. The van der Waals surface area contributed by atoms with Crippen molar-refractivity contribution < 1.29 is 0 Å². The van der Waals surface area contributed by atoms with Crippen molar-refractivity contribution in [2.24, 2.45) is 0 Å². The van der Waals surface area contributed by atoms with Gasteiger partial charge in [0, 0.05) is 4.47 Å². The van der Waals surface area contributed by atoms with Crippen LogP contribution in [0.4, 0.5) is 0 Å². The minimum absolute atomic E-state index is 0.317. The second-order valence-electron chi connectivity index (χ2n) is 2.39. The van der Waals surface area contributed by atoms with Gasteiger partial charge in [-0.25, -0.2) is 0 Å². The van der Waals surface area contributed by atoms with E-state index in [-0.39, 0.29) is 0 Å². The molecule has 0 spiro atoms. The Morgan fingerprint density at radius 1 is 1.17 bits per heavy atom. The van der Waals surface area contributed by atoms with Crippen molar-refractivity contribution in [1.29, 1.82) is 0 Å². The number of halogens is 3. The maximum absolute atomic E-state index is 5.64. The number of benzene rings is 1. The summed E-state index contributed by atoms with van der Waals surface area (Å²) in [5, 5.41) is 0. The first-order valence-corrected chi connectivity index (χ1v) is 4.94. The molecule has 1 aromatic carbocycles. The van der Waals surface area contributed by atoms with Crippen LogP contribution in [0, 0.1) is 0 Å². The third-order valence-corrected chi connectivity index (χ3v) is 2.66. The van der Waals surface area contributed by atoms with Crippen LogP contribution >= 0.6 is 39.1 Å². The fourth-order valence-corrected chi connectivity index (χ4v) is 1.29. The normalized spacial score (nSPS) is 9.67.